The van der Waals surface area contributed by atoms with Gasteiger partial charge in [-0.25, -0.2) is 8.42 Å². The summed E-state index contributed by atoms with van der Waals surface area (Å²) in [5.74, 6) is 0.216. The van der Waals surface area contributed by atoms with Crippen molar-refractivity contribution in [1.29, 1.82) is 0 Å². The van der Waals surface area contributed by atoms with Crippen molar-refractivity contribution in [3.8, 4) is 0 Å². The second-order valence-corrected chi connectivity index (χ2v) is 6.05. The molecule has 0 aliphatic heterocycles. The normalized spacial score (nSPS) is 11.5. The number of benzene rings is 1. The van der Waals surface area contributed by atoms with Gasteiger partial charge in [0.2, 0.25) is 0 Å². The minimum absolute atomic E-state index is 0.0812. The zero-order chi connectivity index (χ0) is 13.3. The SMILES string of the molecule is Cn1ccc(NS(=O)(=O)c2cc(Cl)ccc2Cl)n1. The maximum atomic E-state index is 12.1. The van der Waals surface area contributed by atoms with E-state index in [1.165, 1.54) is 28.9 Å². The van der Waals surface area contributed by atoms with E-state index in [4.69, 9.17) is 23.2 Å². The zero-order valence-corrected chi connectivity index (χ0v) is 11.6. The molecule has 1 heterocycles. The van der Waals surface area contributed by atoms with Gasteiger partial charge in [-0.15, -0.1) is 0 Å². The van der Waals surface area contributed by atoms with Crippen LogP contribution in [-0.2, 0) is 17.1 Å². The molecule has 18 heavy (non-hydrogen) atoms. The number of aromatic nitrogens is 2. The third-order valence-corrected chi connectivity index (χ3v) is 4.21. The summed E-state index contributed by atoms with van der Waals surface area (Å²) in [5, 5.41) is 4.32. The lowest BCUT2D eigenvalue weighted by Gasteiger charge is -2.07. The van der Waals surface area contributed by atoms with E-state index in [0.29, 0.717) is 5.02 Å². The molecule has 0 saturated carbocycles. The smallest absolute Gasteiger partial charge is 0.264 e. The van der Waals surface area contributed by atoms with Crippen LogP contribution in [0.3, 0.4) is 0 Å². The van der Waals surface area contributed by atoms with E-state index in [-0.39, 0.29) is 15.7 Å². The molecule has 2 aromatic rings. The van der Waals surface area contributed by atoms with E-state index in [9.17, 15) is 8.42 Å². The van der Waals surface area contributed by atoms with Crippen LogP contribution >= 0.6 is 23.2 Å². The topological polar surface area (TPSA) is 64.0 Å². The molecule has 0 amide bonds. The highest BCUT2D eigenvalue weighted by Crippen LogP contribution is 2.26. The Morgan fingerprint density at radius 1 is 1.28 bits per heavy atom. The van der Waals surface area contributed by atoms with Gasteiger partial charge in [-0.1, -0.05) is 23.2 Å². The average molecular weight is 306 g/mol. The highest BCUT2D eigenvalue weighted by molar-refractivity contribution is 7.92. The van der Waals surface area contributed by atoms with Gasteiger partial charge in [-0.3, -0.25) is 9.40 Å². The average Bonchev–Trinajstić information content (AvgIpc) is 2.66. The van der Waals surface area contributed by atoms with Gasteiger partial charge in [0.15, 0.2) is 5.82 Å². The number of hydrogen-bond acceptors (Lipinski definition) is 3. The lowest BCUT2D eigenvalue weighted by atomic mass is 10.4. The third-order valence-electron chi connectivity index (χ3n) is 2.14. The molecule has 1 aromatic heterocycles. The Labute approximate surface area is 114 Å². The van der Waals surface area contributed by atoms with Crippen molar-refractivity contribution in [2.75, 3.05) is 4.72 Å². The molecule has 0 fully saturated rings. The molecule has 0 spiro atoms. The number of sulfonamides is 1. The minimum atomic E-state index is -3.80. The molecule has 0 saturated heterocycles. The quantitative estimate of drug-likeness (QED) is 0.947. The van der Waals surface area contributed by atoms with E-state index in [0.717, 1.165) is 0 Å². The molecule has 0 unspecified atom stereocenters. The standard InChI is InChI=1S/C10H9Cl2N3O2S/c1-15-5-4-10(13-15)14-18(16,17)9-6-7(11)2-3-8(9)12/h2-6H,1H3,(H,13,14). The number of rotatable bonds is 3. The van der Waals surface area contributed by atoms with Crippen LogP contribution in [-0.4, -0.2) is 18.2 Å². The number of hydrogen-bond donors (Lipinski definition) is 1. The van der Waals surface area contributed by atoms with E-state index in [2.05, 4.69) is 9.82 Å². The first kappa shape index (κ1) is 13.2. The summed E-state index contributed by atoms with van der Waals surface area (Å²) < 4.78 is 28.0. The van der Waals surface area contributed by atoms with Crippen LogP contribution in [0.25, 0.3) is 0 Å². The van der Waals surface area contributed by atoms with Gasteiger partial charge in [0.25, 0.3) is 10.0 Å². The van der Waals surface area contributed by atoms with Gasteiger partial charge in [0, 0.05) is 24.3 Å². The van der Waals surface area contributed by atoms with Gasteiger partial charge >= 0.3 is 0 Å². The molecule has 0 aliphatic rings. The predicted octanol–water partition coefficient (Wildman–Crippen LogP) is 2.53. The van der Waals surface area contributed by atoms with Crippen molar-refractivity contribution >= 4 is 39.0 Å². The summed E-state index contributed by atoms with van der Waals surface area (Å²) in [6.45, 7) is 0. The lowest BCUT2D eigenvalue weighted by molar-refractivity contribution is 0.601. The van der Waals surface area contributed by atoms with Crippen LogP contribution in [0.2, 0.25) is 10.0 Å². The van der Waals surface area contributed by atoms with Crippen molar-refractivity contribution < 1.29 is 8.42 Å². The molecule has 5 nitrogen and oxygen atoms in total. The van der Waals surface area contributed by atoms with Crippen LogP contribution in [0.5, 0.6) is 0 Å². The lowest BCUT2D eigenvalue weighted by Crippen LogP contribution is -2.14. The Hall–Kier alpha value is -1.24. The molecular formula is C10H9Cl2N3O2S. The summed E-state index contributed by atoms with van der Waals surface area (Å²) in [6, 6.07) is 5.77. The monoisotopic (exact) mass is 305 g/mol. The minimum Gasteiger partial charge on any atom is -0.274 e. The molecule has 1 aromatic carbocycles. The number of nitrogens with one attached hydrogen (secondary N) is 1. The number of nitrogens with zero attached hydrogens (tertiary/aromatic N) is 2. The molecule has 0 bridgehead atoms. The van der Waals surface area contributed by atoms with Gasteiger partial charge in [0.1, 0.15) is 4.90 Å². The van der Waals surface area contributed by atoms with Crippen LogP contribution < -0.4 is 4.72 Å². The first-order valence-corrected chi connectivity index (χ1v) is 7.10. The van der Waals surface area contributed by atoms with Gasteiger partial charge in [-0.2, -0.15) is 5.10 Å². The van der Waals surface area contributed by atoms with Crippen LogP contribution in [0.1, 0.15) is 0 Å². The summed E-state index contributed by atoms with van der Waals surface area (Å²) in [7, 11) is -2.11. The Morgan fingerprint density at radius 3 is 2.61 bits per heavy atom. The maximum absolute atomic E-state index is 12.1. The van der Waals surface area contributed by atoms with Crippen molar-refractivity contribution in [2.24, 2.45) is 7.05 Å². The predicted molar refractivity (Wildman–Crippen MR) is 70.5 cm³/mol. The largest absolute Gasteiger partial charge is 0.274 e. The van der Waals surface area contributed by atoms with Crippen molar-refractivity contribution in [3.63, 3.8) is 0 Å². The van der Waals surface area contributed by atoms with E-state index in [1.807, 2.05) is 0 Å². The van der Waals surface area contributed by atoms with Crippen molar-refractivity contribution in [1.82, 2.24) is 9.78 Å². The fraction of sp³-hybridized carbons (Fsp3) is 0.100. The highest BCUT2D eigenvalue weighted by Gasteiger charge is 2.19. The first-order chi connectivity index (χ1) is 8.38. The summed E-state index contributed by atoms with van der Waals surface area (Å²) in [4.78, 5) is -0.0812. The Kier molecular flexibility index (Phi) is 3.52. The Bertz CT molecular complexity index is 682. The summed E-state index contributed by atoms with van der Waals surface area (Å²) in [6.07, 6.45) is 1.62. The highest BCUT2D eigenvalue weighted by atomic mass is 35.5. The molecule has 1 N–H and O–H groups in total. The second-order valence-electron chi connectivity index (χ2n) is 3.55. The fourth-order valence-electron chi connectivity index (χ4n) is 1.35. The first-order valence-electron chi connectivity index (χ1n) is 4.86. The van der Waals surface area contributed by atoms with Gasteiger partial charge in [0.05, 0.1) is 5.02 Å². The van der Waals surface area contributed by atoms with Crippen LogP contribution in [0, 0.1) is 0 Å². The molecule has 2 rings (SSSR count). The molecule has 0 atom stereocenters. The van der Waals surface area contributed by atoms with Crippen LogP contribution in [0.4, 0.5) is 5.82 Å². The Balaban J connectivity index is 2.39. The van der Waals surface area contributed by atoms with E-state index in [1.54, 1.807) is 13.2 Å². The number of aryl methyl sites for hydroxylation is 1. The molecule has 0 radical (unpaired) electrons. The Morgan fingerprint density at radius 2 is 2.00 bits per heavy atom. The molecular weight excluding hydrogens is 297 g/mol. The molecule has 8 heteroatoms. The summed E-state index contributed by atoms with van der Waals surface area (Å²) >= 11 is 11.6. The fourth-order valence-corrected chi connectivity index (χ4v) is 3.11. The number of halogens is 2. The third kappa shape index (κ3) is 2.77. The van der Waals surface area contributed by atoms with E-state index >= 15 is 0 Å². The number of anilines is 1. The molecule has 0 aliphatic carbocycles. The molecule has 96 valence electrons. The van der Waals surface area contributed by atoms with Crippen molar-refractivity contribution in [2.45, 2.75) is 4.90 Å². The van der Waals surface area contributed by atoms with Crippen LogP contribution in [0.15, 0.2) is 35.4 Å². The van der Waals surface area contributed by atoms with E-state index < -0.39 is 10.0 Å². The maximum Gasteiger partial charge on any atom is 0.264 e. The van der Waals surface area contributed by atoms with Crippen molar-refractivity contribution in [3.05, 3.63) is 40.5 Å². The second kappa shape index (κ2) is 4.79. The van der Waals surface area contributed by atoms with Gasteiger partial charge in [-0.05, 0) is 18.2 Å². The zero-order valence-electron chi connectivity index (χ0n) is 9.26. The summed E-state index contributed by atoms with van der Waals surface area (Å²) in [5.41, 5.74) is 0. The van der Waals surface area contributed by atoms with Gasteiger partial charge < -0.3 is 0 Å².